The van der Waals surface area contributed by atoms with E-state index in [1.807, 2.05) is 42.6 Å². The van der Waals surface area contributed by atoms with Gasteiger partial charge in [-0.25, -0.2) is 9.97 Å². The third-order valence-corrected chi connectivity index (χ3v) is 4.44. The molecule has 1 unspecified atom stereocenters. The van der Waals surface area contributed by atoms with E-state index in [1.54, 1.807) is 19.2 Å². The zero-order valence-electron chi connectivity index (χ0n) is 13.8. The summed E-state index contributed by atoms with van der Waals surface area (Å²) in [4.78, 5) is 20.0. The van der Waals surface area contributed by atoms with Crippen LogP contribution in [0.25, 0.3) is 0 Å². The smallest absolute Gasteiger partial charge is 0.310 e. The van der Waals surface area contributed by atoms with Crippen molar-refractivity contribution < 1.29 is 14.6 Å². The van der Waals surface area contributed by atoms with Crippen LogP contribution in [0.5, 0.6) is 11.5 Å². The minimum absolute atomic E-state index is 0.449. The van der Waals surface area contributed by atoms with Gasteiger partial charge in [-0.3, -0.25) is 4.79 Å². The van der Waals surface area contributed by atoms with Gasteiger partial charge in [0.1, 0.15) is 5.75 Å². The molecule has 6 nitrogen and oxygen atoms in total. The van der Waals surface area contributed by atoms with Gasteiger partial charge in [-0.2, -0.15) is 0 Å². The normalized spacial score (nSPS) is 11.8. The van der Waals surface area contributed by atoms with Gasteiger partial charge in [0.25, 0.3) is 0 Å². The third kappa shape index (κ3) is 4.13. The largest absolute Gasteiger partial charge is 0.481 e. The van der Waals surface area contributed by atoms with Gasteiger partial charge in [-0.15, -0.1) is 11.3 Å². The molecule has 0 aliphatic heterocycles. The summed E-state index contributed by atoms with van der Waals surface area (Å²) in [6, 6.07) is 11.0. The lowest BCUT2D eigenvalue weighted by Crippen LogP contribution is -2.08. The SMILES string of the molecule is Cc1csc(Nc2ncc(C(C)C(=O)O)cc2Oc2ccccc2)n1. The van der Waals surface area contributed by atoms with Crippen LogP contribution in [0.4, 0.5) is 10.9 Å². The number of aliphatic carboxylic acids is 1. The molecular weight excluding hydrogens is 338 g/mol. The number of rotatable bonds is 6. The standard InChI is InChI=1S/C18H17N3O3S/c1-11-10-25-18(20-11)21-16-15(24-14-6-4-3-5-7-14)8-13(9-19-16)12(2)17(22)23/h3-10,12H,1-2H3,(H,22,23)(H,19,20,21). The second-order valence-corrected chi connectivity index (χ2v) is 6.37. The maximum atomic E-state index is 11.3. The zero-order chi connectivity index (χ0) is 17.8. The lowest BCUT2D eigenvalue weighted by Gasteiger charge is -2.14. The molecule has 7 heteroatoms. The van der Waals surface area contributed by atoms with Gasteiger partial charge in [-0.05, 0) is 37.6 Å². The molecule has 3 rings (SSSR count). The van der Waals surface area contributed by atoms with Crippen molar-refractivity contribution in [2.75, 3.05) is 5.32 Å². The number of carbonyl (C=O) groups is 1. The number of anilines is 2. The molecular formula is C18H17N3O3S. The average Bonchev–Trinajstić information content (AvgIpc) is 3.01. The van der Waals surface area contributed by atoms with Gasteiger partial charge < -0.3 is 15.2 Å². The predicted molar refractivity (Wildman–Crippen MR) is 96.9 cm³/mol. The highest BCUT2D eigenvalue weighted by molar-refractivity contribution is 7.13. The van der Waals surface area contributed by atoms with Crippen LogP contribution in [0.3, 0.4) is 0 Å². The number of hydrogen-bond donors (Lipinski definition) is 2. The Hall–Kier alpha value is -2.93. The summed E-state index contributed by atoms with van der Waals surface area (Å²) in [6.07, 6.45) is 1.54. The van der Waals surface area contributed by atoms with Crippen molar-refractivity contribution in [2.24, 2.45) is 0 Å². The fraction of sp³-hybridized carbons (Fsp3) is 0.167. The highest BCUT2D eigenvalue weighted by Gasteiger charge is 2.18. The number of ether oxygens (including phenoxy) is 1. The topological polar surface area (TPSA) is 84.3 Å². The van der Waals surface area contributed by atoms with Gasteiger partial charge in [0, 0.05) is 11.6 Å². The van der Waals surface area contributed by atoms with E-state index < -0.39 is 11.9 Å². The van der Waals surface area contributed by atoms with Crippen molar-refractivity contribution in [1.82, 2.24) is 9.97 Å². The number of pyridine rings is 1. The van der Waals surface area contributed by atoms with Gasteiger partial charge in [0.05, 0.1) is 11.6 Å². The van der Waals surface area contributed by atoms with E-state index in [4.69, 9.17) is 4.74 Å². The zero-order valence-corrected chi connectivity index (χ0v) is 14.6. The molecule has 0 saturated heterocycles. The predicted octanol–water partition coefficient (Wildman–Crippen LogP) is 4.57. The van der Waals surface area contributed by atoms with Crippen LogP contribution in [0.2, 0.25) is 0 Å². The second-order valence-electron chi connectivity index (χ2n) is 5.51. The Bertz CT molecular complexity index is 880. The summed E-state index contributed by atoms with van der Waals surface area (Å²) in [6.45, 7) is 3.52. The van der Waals surface area contributed by atoms with E-state index in [1.165, 1.54) is 11.3 Å². The van der Waals surface area contributed by atoms with Crippen LogP contribution in [0, 0.1) is 6.92 Å². The summed E-state index contributed by atoms with van der Waals surface area (Å²) in [5.41, 5.74) is 1.48. The van der Waals surface area contributed by atoms with E-state index in [9.17, 15) is 9.90 Å². The van der Waals surface area contributed by atoms with E-state index in [2.05, 4.69) is 15.3 Å². The van der Waals surface area contributed by atoms with E-state index in [-0.39, 0.29) is 0 Å². The number of benzene rings is 1. The van der Waals surface area contributed by atoms with Crippen molar-refractivity contribution in [3.05, 3.63) is 59.2 Å². The molecule has 2 N–H and O–H groups in total. The fourth-order valence-corrected chi connectivity index (χ4v) is 2.83. The molecule has 2 heterocycles. The van der Waals surface area contributed by atoms with Crippen molar-refractivity contribution in [2.45, 2.75) is 19.8 Å². The molecule has 1 atom stereocenters. The molecule has 0 bridgehead atoms. The molecule has 0 saturated carbocycles. The number of para-hydroxylation sites is 1. The number of thiazole rings is 1. The maximum Gasteiger partial charge on any atom is 0.310 e. The van der Waals surface area contributed by atoms with Crippen LogP contribution >= 0.6 is 11.3 Å². The summed E-state index contributed by atoms with van der Waals surface area (Å²) < 4.78 is 5.92. The lowest BCUT2D eigenvalue weighted by atomic mass is 10.0. The molecule has 1 aromatic carbocycles. The quantitative estimate of drug-likeness (QED) is 0.674. The molecule has 25 heavy (non-hydrogen) atoms. The summed E-state index contributed by atoms with van der Waals surface area (Å²) in [5, 5.41) is 15.0. The number of nitrogens with zero attached hydrogens (tertiary/aromatic N) is 2. The first-order valence-electron chi connectivity index (χ1n) is 7.67. The van der Waals surface area contributed by atoms with Crippen LogP contribution in [-0.4, -0.2) is 21.0 Å². The van der Waals surface area contributed by atoms with Gasteiger partial charge in [0.15, 0.2) is 16.7 Å². The summed E-state index contributed by atoms with van der Waals surface area (Å²) in [5.74, 6) is -0.0162. The van der Waals surface area contributed by atoms with Crippen LogP contribution < -0.4 is 10.1 Å². The number of nitrogens with one attached hydrogen (secondary N) is 1. The Morgan fingerprint density at radius 1 is 1.32 bits per heavy atom. The minimum atomic E-state index is -0.913. The van der Waals surface area contributed by atoms with Gasteiger partial charge in [0.2, 0.25) is 0 Å². The van der Waals surface area contributed by atoms with Crippen molar-refractivity contribution in [3.8, 4) is 11.5 Å². The minimum Gasteiger partial charge on any atom is -0.481 e. The molecule has 0 radical (unpaired) electrons. The summed E-state index contributed by atoms with van der Waals surface area (Å²) >= 11 is 1.46. The Morgan fingerprint density at radius 2 is 2.08 bits per heavy atom. The monoisotopic (exact) mass is 355 g/mol. The van der Waals surface area contributed by atoms with Crippen LogP contribution in [0.15, 0.2) is 48.0 Å². The first kappa shape index (κ1) is 16.9. The maximum absolute atomic E-state index is 11.3. The molecule has 0 aliphatic carbocycles. The first-order valence-corrected chi connectivity index (χ1v) is 8.55. The number of aromatic nitrogens is 2. The van der Waals surface area contributed by atoms with E-state index in [0.29, 0.717) is 28.0 Å². The third-order valence-electron chi connectivity index (χ3n) is 3.56. The molecule has 0 amide bonds. The average molecular weight is 355 g/mol. The van der Waals surface area contributed by atoms with Gasteiger partial charge in [-0.1, -0.05) is 18.2 Å². The molecule has 0 spiro atoms. The Kier molecular flexibility index (Phi) is 4.95. The lowest BCUT2D eigenvalue weighted by molar-refractivity contribution is -0.138. The van der Waals surface area contributed by atoms with Crippen molar-refractivity contribution >= 4 is 28.3 Å². The van der Waals surface area contributed by atoms with Crippen LogP contribution in [0.1, 0.15) is 24.1 Å². The summed E-state index contributed by atoms with van der Waals surface area (Å²) in [7, 11) is 0. The highest BCUT2D eigenvalue weighted by atomic mass is 32.1. The molecule has 2 aromatic heterocycles. The molecule has 3 aromatic rings. The van der Waals surface area contributed by atoms with Crippen LogP contribution in [-0.2, 0) is 4.79 Å². The molecule has 128 valence electrons. The van der Waals surface area contributed by atoms with Crippen molar-refractivity contribution in [3.63, 3.8) is 0 Å². The number of aryl methyl sites for hydroxylation is 1. The molecule has 0 fully saturated rings. The van der Waals surface area contributed by atoms with Gasteiger partial charge >= 0.3 is 5.97 Å². The fourth-order valence-electron chi connectivity index (χ4n) is 2.14. The second kappa shape index (κ2) is 7.31. The van der Waals surface area contributed by atoms with Crippen molar-refractivity contribution in [1.29, 1.82) is 0 Å². The molecule has 0 aliphatic rings. The van der Waals surface area contributed by atoms with E-state index in [0.717, 1.165) is 5.69 Å². The number of carboxylic acids is 1. The first-order chi connectivity index (χ1) is 12.0. The Labute approximate surface area is 149 Å². The number of carboxylic acid groups (broad SMARTS) is 1. The Balaban J connectivity index is 1.96. The highest BCUT2D eigenvalue weighted by Crippen LogP contribution is 2.33. The van der Waals surface area contributed by atoms with E-state index >= 15 is 0 Å². The number of hydrogen-bond acceptors (Lipinski definition) is 6. The Morgan fingerprint density at radius 3 is 2.72 bits per heavy atom.